The largest absolute Gasteiger partial charge is 0.452 e. The summed E-state index contributed by atoms with van der Waals surface area (Å²) in [7, 11) is 0. The molecule has 180 valence electrons. The monoisotopic (exact) mass is 556 g/mol. The van der Waals surface area contributed by atoms with Gasteiger partial charge >= 0.3 is 5.97 Å². The third-order valence-electron chi connectivity index (χ3n) is 7.12. The van der Waals surface area contributed by atoms with Gasteiger partial charge in [0.25, 0.3) is 5.91 Å². The lowest BCUT2D eigenvalue weighted by Crippen LogP contribution is -2.33. The van der Waals surface area contributed by atoms with E-state index >= 15 is 0 Å². The Hall–Kier alpha value is -2.97. The molecule has 1 N–H and O–H groups in total. The number of hydrogen-bond donors (Lipinski definition) is 1. The van der Waals surface area contributed by atoms with Gasteiger partial charge in [-0.05, 0) is 90.0 Å². The van der Waals surface area contributed by atoms with E-state index in [0.717, 1.165) is 12.0 Å². The summed E-state index contributed by atoms with van der Waals surface area (Å²) >= 11 is 9.40. The first-order chi connectivity index (χ1) is 16.7. The molecular weight excluding hydrogens is 536 g/mol. The predicted molar refractivity (Wildman–Crippen MR) is 134 cm³/mol. The molecule has 2 aromatic rings. The summed E-state index contributed by atoms with van der Waals surface area (Å²) < 4.78 is 5.84. The molecule has 35 heavy (non-hydrogen) atoms. The van der Waals surface area contributed by atoms with Crippen LogP contribution in [0.15, 0.2) is 52.5 Å². The number of esters is 1. The smallest absolute Gasteiger partial charge is 0.338 e. The molecule has 2 aliphatic carbocycles. The van der Waals surface area contributed by atoms with Crippen LogP contribution < -0.4 is 10.2 Å². The molecule has 1 saturated heterocycles. The van der Waals surface area contributed by atoms with Crippen LogP contribution in [0, 0.1) is 30.6 Å². The van der Waals surface area contributed by atoms with Gasteiger partial charge in [-0.15, -0.1) is 0 Å². The molecule has 2 bridgehead atoms. The Labute approximate surface area is 215 Å². The topological polar surface area (TPSA) is 92.8 Å². The fourth-order valence-electron chi connectivity index (χ4n) is 5.46. The summed E-state index contributed by atoms with van der Waals surface area (Å²) in [4.78, 5) is 52.0. The van der Waals surface area contributed by atoms with Crippen LogP contribution in [0.3, 0.4) is 0 Å². The first kappa shape index (κ1) is 23.8. The number of rotatable bonds is 5. The number of nitrogens with zero attached hydrogens (tertiary/aromatic N) is 1. The van der Waals surface area contributed by atoms with E-state index in [1.165, 1.54) is 22.6 Å². The van der Waals surface area contributed by atoms with Crippen molar-refractivity contribution in [2.75, 3.05) is 16.8 Å². The Balaban J connectivity index is 1.21. The number of amides is 3. The summed E-state index contributed by atoms with van der Waals surface area (Å²) in [5.74, 6) is -1.84. The summed E-state index contributed by atoms with van der Waals surface area (Å²) in [6.07, 6.45) is 3.00. The van der Waals surface area contributed by atoms with Crippen molar-refractivity contribution in [3.63, 3.8) is 0 Å². The van der Waals surface area contributed by atoms with E-state index in [-0.39, 0.29) is 41.0 Å². The molecule has 0 spiro atoms. The van der Waals surface area contributed by atoms with Crippen molar-refractivity contribution in [3.8, 4) is 0 Å². The number of carbonyl (C=O) groups excluding carboxylic acids is 4. The van der Waals surface area contributed by atoms with Crippen LogP contribution in [0.2, 0.25) is 5.02 Å². The number of halogens is 2. The molecule has 1 aliphatic heterocycles. The minimum Gasteiger partial charge on any atom is -0.452 e. The fourth-order valence-corrected chi connectivity index (χ4v) is 6.08. The molecule has 9 heteroatoms. The SMILES string of the molecule is CC1=C[C@H]2C[C@H]1[C@H]1C(=O)N(c3ccc(C(=O)OCC(=O)Nc4cc(Cl)c(Br)cc4C)cc3)C(=O)[C@@H]12. The van der Waals surface area contributed by atoms with E-state index in [1.807, 2.05) is 13.8 Å². The van der Waals surface area contributed by atoms with Crippen molar-refractivity contribution >= 4 is 62.6 Å². The molecule has 4 atom stereocenters. The number of hydrogen-bond acceptors (Lipinski definition) is 5. The van der Waals surface area contributed by atoms with Crippen LogP contribution in [0.5, 0.6) is 0 Å². The second-order valence-corrected chi connectivity index (χ2v) is 10.5. The van der Waals surface area contributed by atoms with Crippen molar-refractivity contribution in [2.24, 2.45) is 23.7 Å². The van der Waals surface area contributed by atoms with Crippen LogP contribution in [0.25, 0.3) is 0 Å². The number of fused-ring (bicyclic) bond motifs is 5. The highest BCUT2D eigenvalue weighted by atomic mass is 79.9. The third-order valence-corrected chi connectivity index (χ3v) is 8.31. The van der Waals surface area contributed by atoms with Crippen LogP contribution in [-0.2, 0) is 19.1 Å². The molecule has 2 aromatic carbocycles. The number of imide groups is 1. The van der Waals surface area contributed by atoms with E-state index in [1.54, 1.807) is 24.3 Å². The van der Waals surface area contributed by atoms with Crippen LogP contribution in [-0.4, -0.2) is 30.3 Å². The average molecular weight is 558 g/mol. The summed E-state index contributed by atoms with van der Waals surface area (Å²) in [6, 6.07) is 9.47. The standard InChI is InChI=1S/C26H22BrClN2O5/c1-12-7-15-9-17(12)23-22(15)24(32)30(25(23)33)16-5-3-14(4-6-16)26(34)35-11-21(31)29-20-10-19(28)18(27)8-13(20)2/h3-8,10,15,17,22-23H,9,11H2,1-2H3,(H,29,31)/t15-,17+,22+,23+/m0/s1. The fraction of sp³-hybridized carbons (Fsp3) is 0.308. The average Bonchev–Trinajstić information content (AvgIpc) is 3.46. The minimum atomic E-state index is -0.689. The molecule has 3 aliphatic rings. The van der Waals surface area contributed by atoms with Gasteiger partial charge in [0.1, 0.15) is 0 Å². The van der Waals surface area contributed by atoms with Crippen molar-refractivity contribution in [1.82, 2.24) is 0 Å². The highest BCUT2D eigenvalue weighted by Gasteiger charge is 2.60. The molecule has 3 amide bonds. The zero-order valence-corrected chi connectivity index (χ0v) is 21.4. The van der Waals surface area contributed by atoms with E-state index in [4.69, 9.17) is 16.3 Å². The van der Waals surface area contributed by atoms with Gasteiger partial charge in [0.2, 0.25) is 11.8 Å². The number of aryl methyl sites for hydroxylation is 1. The highest BCUT2D eigenvalue weighted by molar-refractivity contribution is 9.10. The Morgan fingerprint density at radius 1 is 1.11 bits per heavy atom. The molecule has 2 fully saturated rings. The zero-order chi connectivity index (χ0) is 25.0. The van der Waals surface area contributed by atoms with Gasteiger partial charge in [-0.2, -0.15) is 0 Å². The number of nitrogens with one attached hydrogen (secondary N) is 1. The van der Waals surface area contributed by atoms with Gasteiger partial charge in [-0.1, -0.05) is 23.3 Å². The van der Waals surface area contributed by atoms with Gasteiger partial charge in [0.15, 0.2) is 6.61 Å². The molecule has 0 aromatic heterocycles. The molecule has 1 heterocycles. The summed E-state index contributed by atoms with van der Waals surface area (Å²) in [5, 5.41) is 3.11. The Kier molecular flexibility index (Phi) is 6.05. The van der Waals surface area contributed by atoms with E-state index in [0.29, 0.717) is 20.9 Å². The molecule has 7 nitrogen and oxygen atoms in total. The Bertz CT molecular complexity index is 1310. The molecule has 1 saturated carbocycles. The van der Waals surface area contributed by atoms with Gasteiger partial charge < -0.3 is 10.1 Å². The molecule has 0 radical (unpaired) electrons. The maximum absolute atomic E-state index is 13.1. The first-order valence-corrected chi connectivity index (χ1v) is 12.4. The van der Waals surface area contributed by atoms with Gasteiger partial charge in [0.05, 0.1) is 28.1 Å². The maximum Gasteiger partial charge on any atom is 0.338 e. The first-order valence-electron chi connectivity index (χ1n) is 11.2. The van der Waals surface area contributed by atoms with Crippen molar-refractivity contribution in [2.45, 2.75) is 20.3 Å². The van der Waals surface area contributed by atoms with E-state index in [9.17, 15) is 19.2 Å². The van der Waals surface area contributed by atoms with Crippen LogP contribution in [0.4, 0.5) is 11.4 Å². The number of ether oxygens (including phenoxy) is 1. The van der Waals surface area contributed by atoms with Gasteiger partial charge in [-0.3, -0.25) is 19.3 Å². The molecular formula is C26H22BrClN2O5. The second kappa shape index (κ2) is 8.91. The van der Waals surface area contributed by atoms with Crippen LogP contribution in [0.1, 0.15) is 29.3 Å². The lowest BCUT2D eigenvalue weighted by atomic mass is 9.82. The minimum absolute atomic E-state index is 0.129. The Morgan fingerprint density at radius 2 is 1.80 bits per heavy atom. The van der Waals surface area contributed by atoms with Gasteiger partial charge in [-0.25, -0.2) is 4.79 Å². The van der Waals surface area contributed by atoms with Crippen molar-refractivity contribution in [3.05, 3.63) is 68.7 Å². The predicted octanol–water partition coefficient (Wildman–Crippen LogP) is 4.91. The van der Waals surface area contributed by atoms with Crippen LogP contribution >= 0.6 is 27.5 Å². The Morgan fingerprint density at radius 3 is 2.51 bits per heavy atom. The number of carbonyl (C=O) groups is 4. The lowest BCUT2D eigenvalue weighted by Gasteiger charge is -2.19. The van der Waals surface area contributed by atoms with Crippen molar-refractivity contribution in [1.29, 1.82) is 0 Å². The molecule has 5 rings (SSSR count). The summed E-state index contributed by atoms with van der Waals surface area (Å²) in [6.45, 7) is 3.36. The van der Waals surface area contributed by atoms with E-state index < -0.39 is 18.5 Å². The van der Waals surface area contributed by atoms with E-state index in [2.05, 4.69) is 27.3 Å². The highest BCUT2D eigenvalue weighted by Crippen LogP contribution is 2.55. The lowest BCUT2D eigenvalue weighted by molar-refractivity contribution is -0.123. The third kappa shape index (κ3) is 4.08. The van der Waals surface area contributed by atoms with Crippen molar-refractivity contribution < 1.29 is 23.9 Å². The quantitative estimate of drug-likeness (QED) is 0.320. The van der Waals surface area contributed by atoms with Gasteiger partial charge in [0, 0.05) is 10.2 Å². The number of allylic oxidation sites excluding steroid dienone is 2. The summed E-state index contributed by atoms with van der Waals surface area (Å²) in [5.41, 5.74) is 3.15. The second-order valence-electron chi connectivity index (χ2n) is 9.23. The number of benzene rings is 2. The normalized spacial score (nSPS) is 24.5. The number of anilines is 2. The maximum atomic E-state index is 13.1. The molecule has 0 unspecified atom stereocenters. The zero-order valence-electron chi connectivity index (χ0n) is 19.0.